The minimum atomic E-state index is -0.732. The minimum absolute atomic E-state index is 0.0727. The fraction of sp³-hybridized carbons (Fsp3) is 0.389. The highest BCUT2D eigenvalue weighted by Gasteiger charge is 2.26. The fourth-order valence-electron chi connectivity index (χ4n) is 2.87. The number of nitrogens with zero attached hydrogens (tertiary/aromatic N) is 5. The number of carbonyl (C=O) groups is 1. The lowest BCUT2D eigenvalue weighted by Gasteiger charge is -2.21. The van der Waals surface area contributed by atoms with Gasteiger partial charge in [0.1, 0.15) is 17.0 Å². The molecule has 0 atom stereocenters. The van der Waals surface area contributed by atoms with Gasteiger partial charge in [0.2, 0.25) is 0 Å². The number of aryl methyl sites for hydroxylation is 2. The third-order valence-corrected chi connectivity index (χ3v) is 5.21. The van der Waals surface area contributed by atoms with E-state index < -0.39 is 11.6 Å². The van der Waals surface area contributed by atoms with Crippen LogP contribution in [0.4, 0.5) is 13.9 Å². The van der Waals surface area contributed by atoms with Crippen molar-refractivity contribution < 1.29 is 13.6 Å². The Kier molecular flexibility index (Phi) is 5.52. The molecule has 0 saturated carbocycles. The van der Waals surface area contributed by atoms with E-state index in [4.69, 9.17) is 0 Å². The van der Waals surface area contributed by atoms with Crippen LogP contribution >= 0.6 is 11.3 Å². The molecule has 2 heterocycles. The summed E-state index contributed by atoms with van der Waals surface area (Å²) in [6, 6.07) is 2.03. The van der Waals surface area contributed by atoms with Gasteiger partial charge in [0.15, 0.2) is 10.9 Å². The van der Waals surface area contributed by atoms with E-state index in [9.17, 15) is 13.6 Å². The van der Waals surface area contributed by atoms with Gasteiger partial charge < -0.3 is 4.90 Å². The molecular formula is C18H21F2N5OS. The number of halogens is 2. The van der Waals surface area contributed by atoms with Gasteiger partial charge in [-0.3, -0.25) is 14.4 Å². The summed E-state index contributed by atoms with van der Waals surface area (Å²) >= 11 is 1.10. The van der Waals surface area contributed by atoms with E-state index in [2.05, 4.69) is 10.1 Å². The number of anilines is 1. The van der Waals surface area contributed by atoms with Crippen LogP contribution in [0.5, 0.6) is 0 Å². The third-order valence-electron chi connectivity index (χ3n) is 4.19. The Balaban J connectivity index is 2.01. The van der Waals surface area contributed by atoms with Gasteiger partial charge in [0.25, 0.3) is 5.91 Å². The number of rotatable bonds is 6. The van der Waals surface area contributed by atoms with Gasteiger partial charge in [0.05, 0.1) is 10.9 Å². The molecule has 0 N–H and O–H groups in total. The summed E-state index contributed by atoms with van der Waals surface area (Å²) in [7, 11) is 5.60. The van der Waals surface area contributed by atoms with Gasteiger partial charge in [-0.05, 0) is 45.6 Å². The van der Waals surface area contributed by atoms with Crippen LogP contribution in [0.1, 0.15) is 22.5 Å². The minimum Gasteiger partial charge on any atom is -0.309 e. The molecule has 1 amide bonds. The van der Waals surface area contributed by atoms with E-state index in [1.807, 2.05) is 25.9 Å². The van der Waals surface area contributed by atoms with Gasteiger partial charge in [-0.15, -0.1) is 0 Å². The van der Waals surface area contributed by atoms with Crippen LogP contribution in [0.25, 0.3) is 10.2 Å². The fourth-order valence-corrected chi connectivity index (χ4v) is 3.90. The molecule has 0 saturated heterocycles. The van der Waals surface area contributed by atoms with E-state index in [1.165, 1.54) is 15.6 Å². The highest BCUT2D eigenvalue weighted by atomic mass is 32.1. The molecule has 0 bridgehead atoms. The van der Waals surface area contributed by atoms with Gasteiger partial charge in [-0.1, -0.05) is 11.3 Å². The summed E-state index contributed by atoms with van der Waals surface area (Å²) in [5, 5.41) is 4.47. The molecule has 6 nitrogen and oxygen atoms in total. The van der Waals surface area contributed by atoms with Crippen molar-refractivity contribution in [1.29, 1.82) is 0 Å². The number of aromatic nitrogens is 3. The topological polar surface area (TPSA) is 54.3 Å². The van der Waals surface area contributed by atoms with E-state index >= 15 is 0 Å². The van der Waals surface area contributed by atoms with Crippen LogP contribution in [0.2, 0.25) is 0 Å². The molecule has 0 aliphatic carbocycles. The van der Waals surface area contributed by atoms with Crippen molar-refractivity contribution in [2.75, 3.05) is 32.1 Å². The maximum atomic E-state index is 14.1. The smallest absolute Gasteiger partial charge is 0.278 e. The standard InChI is InChI=1S/C18H21F2N5OS/c1-11-10-21-24(4)16(11)17(26)25(7-5-6-23(2)3)18-22-15-13(20)8-12(19)9-14(15)27-18/h8-10H,5-7H2,1-4H3. The molecule has 0 spiro atoms. The first kappa shape index (κ1) is 19.4. The average molecular weight is 393 g/mol. The lowest BCUT2D eigenvalue weighted by molar-refractivity contribution is 0.0976. The molecule has 1 aromatic carbocycles. The summed E-state index contributed by atoms with van der Waals surface area (Å²) in [5.41, 5.74) is 1.27. The zero-order valence-corrected chi connectivity index (χ0v) is 16.5. The number of hydrogen-bond donors (Lipinski definition) is 0. The molecule has 2 aromatic heterocycles. The molecule has 0 radical (unpaired) electrons. The molecule has 0 aliphatic rings. The Morgan fingerprint density at radius 2 is 2.00 bits per heavy atom. The Labute approximate surface area is 160 Å². The van der Waals surface area contributed by atoms with E-state index in [-0.39, 0.29) is 11.4 Å². The molecule has 144 valence electrons. The second-order valence-corrected chi connectivity index (χ2v) is 7.65. The Hall–Kier alpha value is -2.39. The van der Waals surface area contributed by atoms with E-state index in [1.54, 1.807) is 13.2 Å². The molecule has 0 unspecified atom stereocenters. The van der Waals surface area contributed by atoms with E-state index in [0.29, 0.717) is 28.5 Å². The number of fused-ring (bicyclic) bond motifs is 1. The lowest BCUT2D eigenvalue weighted by atomic mass is 10.2. The van der Waals surface area contributed by atoms with Crippen molar-refractivity contribution in [3.05, 3.63) is 41.2 Å². The monoisotopic (exact) mass is 393 g/mol. The summed E-state index contributed by atoms with van der Waals surface area (Å²) in [6.07, 6.45) is 2.33. The quantitative estimate of drug-likeness (QED) is 0.645. The van der Waals surface area contributed by atoms with Crippen molar-refractivity contribution >= 4 is 32.6 Å². The number of benzene rings is 1. The van der Waals surface area contributed by atoms with Crippen molar-refractivity contribution in [2.24, 2.45) is 7.05 Å². The Bertz CT molecular complexity index is 962. The number of amides is 1. The zero-order valence-electron chi connectivity index (χ0n) is 15.7. The van der Waals surface area contributed by atoms with Gasteiger partial charge in [-0.2, -0.15) is 5.10 Å². The molecule has 3 aromatic rings. The highest BCUT2D eigenvalue weighted by molar-refractivity contribution is 7.22. The van der Waals surface area contributed by atoms with Crippen molar-refractivity contribution in [2.45, 2.75) is 13.3 Å². The van der Waals surface area contributed by atoms with Crippen LogP contribution in [0, 0.1) is 18.6 Å². The molecule has 0 aliphatic heterocycles. The summed E-state index contributed by atoms with van der Waals surface area (Å²) < 4.78 is 29.5. The van der Waals surface area contributed by atoms with Crippen LogP contribution in [0.15, 0.2) is 18.3 Å². The largest absolute Gasteiger partial charge is 0.309 e. The molecule has 0 fully saturated rings. The highest BCUT2D eigenvalue weighted by Crippen LogP contribution is 2.32. The lowest BCUT2D eigenvalue weighted by Crippen LogP contribution is -2.35. The van der Waals surface area contributed by atoms with Crippen molar-refractivity contribution in [1.82, 2.24) is 19.7 Å². The van der Waals surface area contributed by atoms with Crippen molar-refractivity contribution in [3.63, 3.8) is 0 Å². The van der Waals surface area contributed by atoms with Crippen LogP contribution in [0.3, 0.4) is 0 Å². The molecular weight excluding hydrogens is 372 g/mol. The molecule has 9 heteroatoms. The van der Waals surface area contributed by atoms with Gasteiger partial charge in [0, 0.05) is 19.7 Å². The predicted octanol–water partition coefficient (Wildman–Crippen LogP) is 3.21. The number of thiazole rings is 1. The van der Waals surface area contributed by atoms with Crippen LogP contribution in [-0.4, -0.2) is 52.8 Å². The summed E-state index contributed by atoms with van der Waals surface area (Å²) in [5.74, 6) is -1.65. The normalized spacial score (nSPS) is 11.5. The second kappa shape index (κ2) is 7.69. The first-order valence-electron chi connectivity index (χ1n) is 8.48. The first-order valence-corrected chi connectivity index (χ1v) is 9.30. The molecule has 27 heavy (non-hydrogen) atoms. The van der Waals surface area contributed by atoms with E-state index in [0.717, 1.165) is 29.5 Å². The third kappa shape index (κ3) is 3.98. The van der Waals surface area contributed by atoms with Gasteiger partial charge >= 0.3 is 0 Å². The Morgan fingerprint density at radius 3 is 2.63 bits per heavy atom. The molecule has 3 rings (SSSR count). The SMILES string of the molecule is Cc1cnn(C)c1C(=O)N(CCCN(C)C)c1nc2c(F)cc(F)cc2s1. The predicted molar refractivity (Wildman–Crippen MR) is 102 cm³/mol. The Morgan fingerprint density at radius 1 is 1.26 bits per heavy atom. The van der Waals surface area contributed by atoms with Crippen LogP contribution in [-0.2, 0) is 7.05 Å². The number of carbonyl (C=O) groups excluding carboxylic acids is 1. The first-order chi connectivity index (χ1) is 12.8. The van der Waals surface area contributed by atoms with Crippen LogP contribution < -0.4 is 4.90 Å². The average Bonchev–Trinajstić information content (AvgIpc) is 3.14. The maximum Gasteiger partial charge on any atom is 0.278 e. The van der Waals surface area contributed by atoms with Crippen molar-refractivity contribution in [3.8, 4) is 0 Å². The van der Waals surface area contributed by atoms with Gasteiger partial charge in [-0.25, -0.2) is 13.8 Å². The second-order valence-electron chi connectivity index (χ2n) is 6.64. The summed E-state index contributed by atoms with van der Waals surface area (Å²) in [4.78, 5) is 21.0. The number of hydrogen-bond acceptors (Lipinski definition) is 5. The zero-order chi connectivity index (χ0) is 19.7. The summed E-state index contributed by atoms with van der Waals surface area (Å²) in [6.45, 7) is 3.00. The maximum absolute atomic E-state index is 14.1.